The fourth-order valence-corrected chi connectivity index (χ4v) is 7.24. The highest BCUT2D eigenvalue weighted by Crippen LogP contribution is 2.20. The molecule has 7 amide bonds. The molecule has 4 aromatic rings. The van der Waals surface area contributed by atoms with Gasteiger partial charge in [0.2, 0.25) is 41.4 Å². The van der Waals surface area contributed by atoms with Crippen LogP contribution in [-0.2, 0) is 57.6 Å². The number of benzene rings is 3. The van der Waals surface area contributed by atoms with Gasteiger partial charge in [0, 0.05) is 37.0 Å². The molecule has 0 unspecified atom stereocenters. The fourth-order valence-electron chi connectivity index (χ4n) is 7.24. The van der Waals surface area contributed by atoms with Crippen LogP contribution in [0.5, 0.6) is 5.75 Å². The SMILES string of the molecule is CCCC[C@H](NC(=O)Cc1ccc(O)cc1)C(=O)NCC(=O)N[C@@H](Cc1c[nH]c2ccccc12)C(=O)N[C@@H](CCCC)C(=O)N(C)[C@@H](CC(=O)O)C(=O)N[C@@H](Cc1ccccc1)C(N)=O. The summed E-state index contributed by atoms with van der Waals surface area (Å²) >= 11 is 0. The Balaban J connectivity index is 1.52. The van der Waals surface area contributed by atoms with E-state index in [0.717, 1.165) is 22.2 Å². The van der Waals surface area contributed by atoms with Crippen LogP contribution in [0.15, 0.2) is 85.1 Å². The number of fused-ring (bicyclic) bond motifs is 1. The fraction of sp³-hybridized carbons (Fsp3) is 0.404. The first-order chi connectivity index (χ1) is 31.1. The van der Waals surface area contributed by atoms with Crippen LogP contribution >= 0.6 is 0 Å². The van der Waals surface area contributed by atoms with Gasteiger partial charge in [-0.2, -0.15) is 0 Å². The summed E-state index contributed by atoms with van der Waals surface area (Å²) in [5.41, 5.74) is 8.34. The first-order valence-corrected chi connectivity index (χ1v) is 21.7. The number of likely N-dealkylation sites (N-methyl/N-ethyl adjacent to an activating group) is 1. The predicted octanol–water partition coefficient (Wildman–Crippen LogP) is 2.12. The van der Waals surface area contributed by atoms with Crippen molar-refractivity contribution in [1.82, 2.24) is 36.5 Å². The Morgan fingerprint density at radius 2 is 1.29 bits per heavy atom. The van der Waals surface area contributed by atoms with Gasteiger partial charge >= 0.3 is 5.97 Å². The van der Waals surface area contributed by atoms with Gasteiger partial charge in [-0.15, -0.1) is 0 Å². The average Bonchev–Trinajstić information content (AvgIpc) is 3.69. The summed E-state index contributed by atoms with van der Waals surface area (Å²) in [4.78, 5) is 111. The predicted molar refractivity (Wildman–Crippen MR) is 242 cm³/mol. The van der Waals surface area contributed by atoms with Gasteiger partial charge in [-0.1, -0.05) is 100 Å². The number of carbonyl (C=O) groups excluding carboxylic acids is 7. The summed E-state index contributed by atoms with van der Waals surface area (Å²) in [5, 5.41) is 33.3. The number of primary amides is 1. The number of H-pyrrole nitrogens is 1. The normalized spacial score (nSPS) is 13.3. The topological polar surface area (TPSA) is 282 Å². The Hall–Kier alpha value is -7.24. The molecule has 0 fully saturated rings. The van der Waals surface area contributed by atoms with E-state index in [1.54, 1.807) is 48.7 Å². The molecule has 0 spiro atoms. The number of carboxylic acid groups (broad SMARTS) is 1. The van der Waals surface area contributed by atoms with E-state index < -0.39 is 90.5 Å². The molecule has 10 N–H and O–H groups in total. The highest BCUT2D eigenvalue weighted by Gasteiger charge is 2.36. The Kier molecular flexibility index (Phi) is 19.5. The summed E-state index contributed by atoms with van der Waals surface area (Å²) in [7, 11) is 1.23. The monoisotopic (exact) mass is 896 g/mol. The van der Waals surface area contributed by atoms with Gasteiger partial charge in [0.25, 0.3) is 0 Å². The summed E-state index contributed by atoms with van der Waals surface area (Å²) in [6, 6.07) is 15.7. The van der Waals surface area contributed by atoms with Crippen LogP contribution in [0.25, 0.3) is 10.9 Å². The maximum atomic E-state index is 14.3. The molecule has 18 nitrogen and oxygen atoms in total. The quantitative estimate of drug-likeness (QED) is 0.0443. The molecule has 0 saturated carbocycles. The van der Waals surface area contributed by atoms with Crippen molar-refractivity contribution >= 4 is 58.2 Å². The van der Waals surface area contributed by atoms with Crippen LogP contribution in [0, 0.1) is 0 Å². The lowest BCUT2D eigenvalue weighted by atomic mass is 10.0. The number of aromatic hydroxyl groups is 1. The number of para-hydroxylation sites is 1. The van der Waals surface area contributed by atoms with Gasteiger partial charge in [-0.05, 0) is 47.7 Å². The second-order valence-electron chi connectivity index (χ2n) is 15.9. The van der Waals surface area contributed by atoms with E-state index >= 15 is 0 Å². The molecule has 1 heterocycles. The van der Waals surface area contributed by atoms with Crippen LogP contribution < -0.4 is 32.3 Å². The van der Waals surface area contributed by atoms with Gasteiger partial charge in [0.1, 0.15) is 36.0 Å². The lowest BCUT2D eigenvalue weighted by Crippen LogP contribution is -2.59. The maximum absolute atomic E-state index is 14.3. The van der Waals surface area contributed by atoms with Crippen molar-refractivity contribution in [2.75, 3.05) is 13.6 Å². The minimum Gasteiger partial charge on any atom is -0.508 e. The number of hydrogen-bond acceptors (Lipinski definition) is 9. The van der Waals surface area contributed by atoms with E-state index in [1.165, 1.54) is 19.2 Å². The zero-order valence-corrected chi connectivity index (χ0v) is 36.9. The van der Waals surface area contributed by atoms with E-state index in [2.05, 4.69) is 31.6 Å². The van der Waals surface area contributed by atoms with Crippen LogP contribution in [0.3, 0.4) is 0 Å². The number of rotatable bonds is 26. The molecule has 0 radical (unpaired) electrons. The highest BCUT2D eigenvalue weighted by molar-refractivity contribution is 5.97. The number of aliphatic carboxylic acids is 1. The van der Waals surface area contributed by atoms with Crippen LogP contribution in [0.2, 0.25) is 0 Å². The second-order valence-corrected chi connectivity index (χ2v) is 15.9. The Morgan fingerprint density at radius 3 is 1.94 bits per heavy atom. The Bertz CT molecular complexity index is 2270. The largest absolute Gasteiger partial charge is 0.508 e. The molecule has 0 saturated heterocycles. The van der Waals surface area contributed by atoms with Crippen LogP contribution in [0.1, 0.15) is 75.5 Å². The van der Waals surface area contributed by atoms with Gasteiger partial charge < -0.3 is 52.4 Å². The van der Waals surface area contributed by atoms with Crippen LogP contribution in [-0.4, -0.2) is 111 Å². The molecule has 0 aliphatic heterocycles. The molecule has 4 rings (SSSR count). The van der Waals surface area contributed by atoms with E-state index in [9.17, 15) is 48.6 Å². The molecular formula is C47H60N8O10. The molecule has 0 aliphatic carbocycles. The summed E-state index contributed by atoms with van der Waals surface area (Å²) in [6.07, 6.45) is 3.56. The zero-order chi connectivity index (χ0) is 47.5. The highest BCUT2D eigenvalue weighted by atomic mass is 16.4. The Morgan fingerprint density at radius 1 is 0.677 bits per heavy atom. The molecular weight excluding hydrogens is 837 g/mol. The van der Waals surface area contributed by atoms with Crippen molar-refractivity contribution in [3.8, 4) is 5.75 Å². The van der Waals surface area contributed by atoms with Gasteiger partial charge in [-0.3, -0.25) is 38.4 Å². The van der Waals surface area contributed by atoms with Crippen molar-refractivity contribution in [3.05, 3.63) is 102 Å². The van der Waals surface area contributed by atoms with Crippen molar-refractivity contribution in [3.63, 3.8) is 0 Å². The van der Waals surface area contributed by atoms with E-state index in [1.807, 2.05) is 38.1 Å². The van der Waals surface area contributed by atoms with E-state index in [4.69, 9.17) is 5.73 Å². The molecule has 0 aliphatic rings. The maximum Gasteiger partial charge on any atom is 0.305 e. The third kappa shape index (κ3) is 15.8. The van der Waals surface area contributed by atoms with Crippen molar-refractivity contribution in [1.29, 1.82) is 0 Å². The molecule has 18 heteroatoms. The van der Waals surface area contributed by atoms with Gasteiger partial charge in [0.05, 0.1) is 19.4 Å². The number of phenolic OH excluding ortho intramolecular Hbond substituents is 1. The van der Waals surface area contributed by atoms with E-state index in [0.29, 0.717) is 42.4 Å². The number of phenols is 1. The molecule has 5 atom stereocenters. The summed E-state index contributed by atoms with van der Waals surface area (Å²) < 4.78 is 0. The molecule has 1 aromatic heterocycles. The molecule has 65 heavy (non-hydrogen) atoms. The average molecular weight is 897 g/mol. The molecule has 3 aromatic carbocycles. The zero-order valence-electron chi connectivity index (χ0n) is 36.9. The number of aromatic nitrogens is 1. The van der Waals surface area contributed by atoms with Crippen LogP contribution in [0.4, 0.5) is 0 Å². The first kappa shape index (κ1) is 50.4. The lowest BCUT2D eigenvalue weighted by molar-refractivity contribution is -0.147. The molecule has 0 bridgehead atoms. The first-order valence-electron chi connectivity index (χ1n) is 21.7. The number of nitrogens with two attached hydrogens (primary N) is 1. The number of carbonyl (C=O) groups is 8. The Labute approximate surface area is 377 Å². The second kappa shape index (κ2) is 25.2. The number of unbranched alkanes of at least 4 members (excludes halogenated alkanes) is 2. The number of carboxylic acids is 1. The number of aromatic amines is 1. The number of nitrogens with zero attached hydrogens (tertiary/aromatic N) is 1. The number of hydrogen-bond donors (Lipinski definition) is 9. The standard InChI is InChI=1S/C47H60N8O10/c1-4-6-16-35(51-40(57)24-30-19-21-32(56)22-20-30)44(62)50-28-41(58)52-38(25-31-27-49-34-18-12-11-15-33(31)34)45(63)53-36(17-7-5-2)47(65)55(3)39(26-42(59)60)46(64)54-37(43(48)61)23-29-13-9-8-10-14-29/h8-15,18-22,27,35-39,49,56H,4-7,16-17,23-26,28H2,1-3H3,(H2,48,61)(H,50,62)(H,51,57)(H,52,58)(H,53,63)(H,54,64)(H,59,60)/t35-,36-,37-,38-,39-/m0/s1. The summed E-state index contributed by atoms with van der Waals surface area (Å²) in [6.45, 7) is 3.24. The third-order valence-electron chi connectivity index (χ3n) is 10.9. The van der Waals surface area contributed by atoms with Crippen molar-refractivity contribution in [2.45, 2.75) is 108 Å². The van der Waals surface area contributed by atoms with Crippen molar-refractivity contribution < 1.29 is 48.6 Å². The molecule has 348 valence electrons. The summed E-state index contributed by atoms with van der Waals surface area (Å²) in [5.74, 6) is -6.51. The third-order valence-corrected chi connectivity index (χ3v) is 10.9. The minimum absolute atomic E-state index is 0.0137. The minimum atomic E-state index is -1.61. The lowest BCUT2D eigenvalue weighted by Gasteiger charge is -2.31. The van der Waals surface area contributed by atoms with Gasteiger partial charge in [-0.25, -0.2) is 0 Å². The number of nitrogens with one attached hydrogen (secondary N) is 6. The van der Waals surface area contributed by atoms with Gasteiger partial charge in [0.15, 0.2) is 0 Å². The smallest absolute Gasteiger partial charge is 0.305 e. The number of amides is 7. The van der Waals surface area contributed by atoms with Crippen molar-refractivity contribution in [2.24, 2.45) is 5.73 Å². The van der Waals surface area contributed by atoms with E-state index in [-0.39, 0.29) is 31.4 Å².